The highest BCUT2D eigenvalue weighted by atomic mass is 35.5. The fourth-order valence-electron chi connectivity index (χ4n) is 3.04. The summed E-state index contributed by atoms with van der Waals surface area (Å²) in [6.45, 7) is 2.18. The molecule has 2 fully saturated rings. The minimum atomic E-state index is -0.592. The molecular formula is C16H21ClN4O2. The highest BCUT2D eigenvalue weighted by molar-refractivity contribution is 6.33. The van der Waals surface area contributed by atoms with Gasteiger partial charge in [-0.3, -0.25) is 14.9 Å². The van der Waals surface area contributed by atoms with Crippen molar-refractivity contribution < 1.29 is 10.0 Å². The van der Waals surface area contributed by atoms with E-state index in [-0.39, 0.29) is 0 Å². The molecule has 0 radical (unpaired) electrons. The fraction of sp³-hybridized carbons (Fsp3) is 0.500. The molecule has 6 nitrogen and oxygen atoms in total. The van der Waals surface area contributed by atoms with E-state index >= 15 is 0 Å². The van der Waals surface area contributed by atoms with Gasteiger partial charge in [0.05, 0.1) is 5.02 Å². The molecule has 0 aromatic carbocycles. The number of carbonyl (C=O) groups excluding carboxylic acids is 1. The van der Waals surface area contributed by atoms with Crippen LogP contribution in [0.1, 0.15) is 31.2 Å². The zero-order chi connectivity index (χ0) is 16.2. The first-order valence-electron chi connectivity index (χ1n) is 7.94. The number of pyridine rings is 1. The van der Waals surface area contributed by atoms with Crippen molar-refractivity contribution in [2.75, 3.05) is 18.4 Å². The molecule has 1 amide bonds. The molecule has 0 unspecified atom stereocenters. The number of halogens is 1. The van der Waals surface area contributed by atoms with E-state index in [4.69, 9.17) is 16.8 Å². The van der Waals surface area contributed by atoms with Gasteiger partial charge in [0.15, 0.2) is 0 Å². The Morgan fingerprint density at radius 3 is 2.91 bits per heavy atom. The van der Waals surface area contributed by atoms with Crippen LogP contribution in [0, 0.1) is 0 Å². The zero-order valence-corrected chi connectivity index (χ0v) is 13.6. The fourth-order valence-corrected chi connectivity index (χ4v) is 3.27. The molecule has 1 saturated carbocycles. The topological polar surface area (TPSA) is 77.5 Å². The second-order valence-electron chi connectivity index (χ2n) is 6.12. The molecule has 1 atom stereocenters. The maximum Gasteiger partial charge on any atom is 0.267 e. The summed E-state index contributed by atoms with van der Waals surface area (Å²) in [5.41, 5.74) is 2.24. The lowest BCUT2D eigenvalue weighted by atomic mass is 9.92. The smallest absolute Gasteiger partial charge is 0.267 e. The summed E-state index contributed by atoms with van der Waals surface area (Å²) < 4.78 is 0. The lowest BCUT2D eigenvalue weighted by molar-refractivity contribution is -0.124. The van der Waals surface area contributed by atoms with E-state index in [1.165, 1.54) is 30.8 Å². The Morgan fingerprint density at radius 1 is 1.43 bits per heavy atom. The number of anilines is 1. The first-order valence-corrected chi connectivity index (χ1v) is 8.32. The van der Waals surface area contributed by atoms with Crippen molar-refractivity contribution >= 4 is 29.4 Å². The van der Waals surface area contributed by atoms with E-state index in [0.29, 0.717) is 22.4 Å². The van der Waals surface area contributed by atoms with Crippen LogP contribution >= 0.6 is 11.6 Å². The van der Waals surface area contributed by atoms with Crippen LogP contribution in [0.4, 0.5) is 5.82 Å². The first kappa shape index (κ1) is 16.2. The Bertz CT molecular complexity index is 604. The molecule has 0 bridgehead atoms. The Hall–Kier alpha value is -1.63. The highest BCUT2D eigenvalue weighted by Crippen LogP contribution is 2.29. The van der Waals surface area contributed by atoms with Gasteiger partial charge in [-0.1, -0.05) is 18.0 Å². The third-order valence-corrected chi connectivity index (χ3v) is 4.84. The van der Waals surface area contributed by atoms with Crippen molar-refractivity contribution in [3.05, 3.63) is 28.9 Å². The van der Waals surface area contributed by atoms with Crippen LogP contribution in [0.15, 0.2) is 18.3 Å². The zero-order valence-electron chi connectivity index (χ0n) is 12.8. The summed E-state index contributed by atoms with van der Waals surface area (Å²) >= 11 is 6.27. The van der Waals surface area contributed by atoms with Gasteiger partial charge >= 0.3 is 0 Å². The highest BCUT2D eigenvalue weighted by Gasteiger charge is 2.31. The largest absolute Gasteiger partial charge is 0.365 e. The standard InChI is InChI=1S/C16H21ClN4O2/c17-14-8-11(4-5-15(22)20-23)9-18-16(14)19-12-6-7-21(10-12)13-2-1-3-13/h4-5,8-9,12-13,23H,1-3,6-7,10H2,(H,18,19)(H,20,22)/t12-/m1/s1. The van der Waals surface area contributed by atoms with Crippen LogP contribution < -0.4 is 10.8 Å². The summed E-state index contributed by atoms with van der Waals surface area (Å²) in [6.07, 6.45) is 9.52. The predicted molar refractivity (Wildman–Crippen MR) is 89.4 cm³/mol. The number of hydrogen-bond donors (Lipinski definition) is 3. The van der Waals surface area contributed by atoms with Gasteiger partial charge in [-0.15, -0.1) is 0 Å². The van der Waals surface area contributed by atoms with E-state index < -0.39 is 5.91 Å². The number of amides is 1. The molecule has 1 aliphatic heterocycles. The van der Waals surface area contributed by atoms with Crippen LogP contribution in [0.2, 0.25) is 5.02 Å². The van der Waals surface area contributed by atoms with Gasteiger partial charge in [-0.05, 0) is 37.0 Å². The van der Waals surface area contributed by atoms with E-state index in [1.807, 2.05) is 0 Å². The van der Waals surface area contributed by atoms with E-state index in [2.05, 4.69) is 15.2 Å². The maximum atomic E-state index is 11.0. The SMILES string of the molecule is O=C(C=Cc1cnc(N[C@@H]2CCN(C3CCC3)C2)c(Cl)c1)NO. The van der Waals surface area contributed by atoms with Crippen molar-refractivity contribution in [3.8, 4) is 0 Å². The van der Waals surface area contributed by atoms with Crippen molar-refractivity contribution in [1.82, 2.24) is 15.4 Å². The molecule has 3 N–H and O–H groups in total. The number of rotatable bonds is 5. The number of hydrogen-bond acceptors (Lipinski definition) is 5. The second kappa shape index (κ2) is 7.29. The van der Waals surface area contributed by atoms with Gasteiger partial charge in [0.1, 0.15) is 5.82 Å². The number of carbonyl (C=O) groups is 1. The van der Waals surface area contributed by atoms with Crippen LogP contribution in [0.5, 0.6) is 0 Å². The normalized spacial score (nSPS) is 22.3. The van der Waals surface area contributed by atoms with Gasteiger partial charge in [0.25, 0.3) is 5.91 Å². The molecule has 2 aliphatic rings. The number of hydroxylamine groups is 1. The number of likely N-dealkylation sites (tertiary alicyclic amines) is 1. The van der Waals surface area contributed by atoms with E-state index in [0.717, 1.165) is 25.6 Å². The van der Waals surface area contributed by atoms with Crippen LogP contribution in [0.25, 0.3) is 6.08 Å². The molecule has 23 heavy (non-hydrogen) atoms. The van der Waals surface area contributed by atoms with Gasteiger partial charge in [-0.25, -0.2) is 10.5 Å². The lowest BCUT2D eigenvalue weighted by Gasteiger charge is -2.34. The number of nitrogens with one attached hydrogen (secondary N) is 2. The molecule has 1 aliphatic carbocycles. The van der Waals surface area contributed by atoms with Crippen LogP contribution in [-0.2, 0) is 4.79 Å². The molecule has 1 aromatic rings. The van der Waals surface area contributed by atoms with Crippen molar-refractivity contribution in [3.63, 3.8) is 0 Å². The molecule has 3 rings (SSSR count). The minimum Gasteiger partial charge on any atom is -0.365 e. The minimum absolute atomic E-state index is 0.377. The van der Waals surface area contributed by atoms with Gasteiger partial charge < -0.3 is 5.32 Å². The average Bonchev–Trinajstić information content (AvgIpc) is 2.93. The quantitative estimate of drug-likeness (QED) is 0.437. The summed E-state index contributed by atoms with van der Waals surface area (Å²) in [4.78, 5) is 17.9. The monoisotopic (exact) mass is 336 g/mol. The Labute approximate surface area is 140 Å². The van der Waals surface area contributed by atoms with Crippen molar-refractivity contribution in [2.45, 2.75) is 37.8 Å². The average molecular weight is 337 g/mol. The molecule has 2 heterocycles. The maximum absolute atomic E-state index is 11.0. The Kier molecular flexibility index (Phi) is 5.15. The molecule has 1 saturated heterocycles. The molecule has 7 heteroatoms. The molecule has 1 aromatic heterocycles. The molecular weight excluding hydrogens is 316 g/mol. The van der Waals surface area contributed by atoms with Gasteiger partial charge in [0, 0.05) is 37.4 Å². The van der Waals surface area contributed by atoms with Crippen LogP contribution in [-0.4, -0.2) is 46.2 Å². The third-order valence-electron chi connectivity index (χ3n) is 4.55. The Balaban J connectivity index is 1.58. The second-order valence-corrected chi connectivity index (χ2v) is 6.53. The van der Waals surface area contributed by atoms with Gasteiger partial charge in [0.2, 0.25) is 0 Å². The third kappa shape index (κ3) is 4.02. The van der Waals surface area contributed by atoms with Crippen molar-refractivity contribution in [1.29, 1.82) is 0 Å². The van der Waals surface area contributed by atoms with Gasteiger partial charge in [-0.2, -0.15) is 0 Å². The molecule has 0 spiro atoms. The summed E-state index contributed by atoms with van der Waals surface area (Å²) in [5, 5.41) is 12.4. The van der Waals surface area contributed by atoms with Crippen LogP contribution in [0.3, 0.4) is 0 Å². The van der Waals surface area contributed by atoms with Crippen molar-refractivity contribution in [2.24, 2.45) is 0 Å². The summed E-state index contributed by atoms with van der Waals surface area (Å²) in [6, 6.07) is 2.90. The summed E-state index contributed by atoms with van der Waals surface area (Å²) in [5.74, 6) is 0.0845. The Morgan fingerprint density at radius 2 is 2.26 bits per heavy atom. The summed E-state index contributed by atoms with van der Waals surface area (Å²) in [7, 11) is 0. The van der Waals surface area contributed by atoms with E-state index in [9.17, 15) is 4.79 Å². The lowest BCUT2D eigenvalue weighted by Crippen LogP contribution is -2.39. The first-order chi connectivity index (χ1) is 11.2. The molecule has 124 valence electrons. The number of aromatic nitrogens is 1. The number of nitrogens with zero attached hydrogens (tertiary/aromatic N) is 2. The predicted octanol–water partition coefficient (Wildman–Crippen LogP) is 2.29. The van der Waals surface area contributed by atoms with E-state index in [1.54, 1.807) is 18.3 Å².